The highest BCUT2D eigenvalue weighted by molar-refractivity contribution is 5.76. The Morgan fingerprint density at radius 2 is 1.94 bits per heavy atom. The fourth-order valence-corrected chi connectivity index (χ4v) is 1.30. The Kier molecular flexibility index (Phi) is 6.40. The van der Waals surface area contributed by atoms with E-state index in [9.17, 15) is 18.0 Å². The van der Waals surface area contributed by atoms with Crippen LogP contribution < -0.4 is 5.32 Å². The van der Waals surface area contributed by atoms with E-state index in [0.717, 1.165) is 4.90 Å². The molecule has 3 nitrogen and oxygen atoms in total. The molecule has 96 valence electrons. The van der Waals surface area contributed by atoms with E-state index in [4.69, 9.17) is 0 Å². The van der Waals surface area contributed by atoms with Gasteiger partial charge in [-0.2, -0.15) is 13.2 Å². The minimum absolute atomic E-state index is 0.0286. The zero-order chi connectivity index (χ0) is 12.8. The molecule has 1 N–H and O–H groups in total. The predicted molar refractivity (Wildman–Crippen MR) is 56.0 cm³/mol. The van der Waals surface area contributed by atoms with Crippen molar-refractivity contribution in [2.45, 2.75) is 26.4 Å². The van der Waals surface area contributed by atoms with Crippen molar-refractivity contribution >= 4 is 5.91 Å². The topological polar surface area (TPSA) is 32.3 Å². The third kappa shape index (κ3) is 7.50. The number of carbonyl (C=O) groups excluding carboxylic acids is 1. The molecular weight excluding hydrogens is 221 g/mol. The van der Waals surface area contributed by atoms with Gasteiger partial charge in [-0.05, 0) is 13.0 Å². The number of amides is 1. The van der Waals surface area contributed by atoms with Crippen LogP contribution in [0.1, 0.15) is 20.3 Å². The van der Waals surface area contributed by atoms with Crippen molar-refractivity contribution < 1.29 is 18.0 Å². The van der Waals surface area contributed by atoms with Crippen LogP contribution in [0.3, 0.4) is 0 Å². The number of halogens is 3. The Balaban J connectivity index is 4.35. The van der Waals surface area contributed by atoms with E-state index in [0.29, 0.717) is 6.54 Å². The largest absolute Gasteiger partial charge is 0.406 e. The normalized spacial score (nSPS) is 11.9. The standard InChI is InChI=1S/C10H19F3N2O/c1-8(2)6-15(7-10(11,12)13)9(16)4-5-14-3/h8,14H,4-7H2,1-3H3. The smallest absolute Gasteiger partial charge is 0.333 e. The van der Waals surface area contributed by atoms with Gasteiger partial charge in [0.05, 0.1) is 0 Å². The van der Waals surface area contributed by atoms with Crippen molar-refractivity contribution in [2.24, 2.45) is 5.92 Å². The molecule has 0 aliphatic rings. The minimum atomic E-state index is -4.33. The lowest BCUT2D eigenvalue weighted by Crippen LogP contribution is -2.41. The quantitative estimate of drug-likeness (QED) is 0.765. The summed E-state index contributed by atoms with van der Waals surface area (Å²) < 4.78 is 36.7. The Morgan fingerprint density at radius 3 is 2.31 bits per heavy atom. The second-order valence-electron chi connectivity index (χ2n) is 4.14. The molecule has 0 bridgehead atoms. The van der Waals surface area contributed by atoms with Gasteiger partial charge >= 0.3 is 6.18 Å². The average molecular weight is 240 g/mol. The number of hydrogen-bond acceptors (Lipinski definition) is 2. The van der Waals surface area contributed by atoms with Crippen LogP contribution in [-0.2, 0) is 4.79 Å². The highest BCUT2D eigenvalue weighted by atomic mass is 19.4. The monoisotopic (exact) mass is 240 g/mol. The van der Waals surface area contributed by atoms with Crippen LogP contribution in [0.25, 0.3) is 0 Å². The summed E-state index contributed by atoms with van der Waals surface area (Å²) in [4.78, 5) is 12.4. The van der Waals surface area contributed by atoms with Crippen molar-refractivity contribution in [3.63, 3.8) is 0 Å². The van der Waals surface area contributed by atoms with E-state index in [1.54, 1.807) is 20.9 Å². The highest BCUT2D eigenvalue weighted by Gasteiger charge is 2.32. The van der Waals surface area contributed by atoms with Gasteiger partial charge in [0.1, 0.15) is 6.54 Å². The predicted octanol–water partition coefficient (Wildman–Crippen LogP) is 1.64. The van der Waals surface area contributed by atoms with E-state index in [2.05, 4.69) is 5.32 Å². The summed E-state index contributed by atoms with van der Waals surface area (Å²) in [5, 5.41) is 2.74. The van der Waals surface area contributed by atoms with Gasteiger partial charge in [0, 0.05) is 19.5 Å². The van der Waals surface area contributed by atoms with E-state index in [-0.39, 0.29) is 18.9 Å². The van der Waals surface area contributed by atoms with Crippen molar-refractivity contribution in [1.82, 2.24) is 10.2 Å². The molecular formula is C10H19F3N2O. The van der Waals surface area contributed by atoms with E-state index in [1.165, 1.54) is 0 Å². The van der Waals surface area contributed by atoms with Crippen molar-refractivity contribution in [3.05, 3.63) is 0 Å². The molecule has 0 saturated heterocycles. The first-order chi connectivity index (χ1) is 7.26. The van der Waals surface area contributed by atoms with Crippen LogP contribution in [0.2, 0.25) is 0 Å². The summed E-state index contributed by atoms with van der Waals surface area (Å²) in [6, 6.07) is 0. The van der Waals surface area contributed by atoms with Gasteiger partial charge < -0.3 is 10.2 Å². The number of rotatable bonds is 6. The van der Waals surface area contributed by atoms with Gasteiger partial charge in [0.15, 0.2) is 0 Å². The fraction of sp³-hybridized carbons (Fsp3) is 0.900. The van der Waals surface area contributed by atoms with Crippen LogP contribution in [0, 0.1) is 5.92 Å². The Morgan fingerprint density at radius 1 is 1.38 bits per heavy atom. The molecule has 0 spiro atoms. The molecule has 0 heterocycles. The van der Waals surface area contributed by atoms with Crippen LogP contribution in [0.15, 0.2) is 0 Å². The second kappa shape index (κ2) is 6.73. The summed E-state index contributed by atoms with van der Waals surface area (Å²) >= 11 is 0. The molecule has 0 aromatic heterocycles. The van der Waals surface area contributed by atoms with Gasteiger partial charge in [-0.25, -0.2) is 0 Å². The fourth-order valence-electron chi connectivity index (χ4n) is 1.30. The summed E-state index contributed by atoms with van der Waals surface area (Å²) in [6.45, 7) is 2.95. The molecule has 0 atom stereocenters. The summed E-state index contributed by atoms with van der Waals surface area (Å²) in [5.41, 5.74) is 0. The number of carbonyl (C=O) groups is 1. The maximum Gasteiger partial charge on any atom is 0.406 e. The van der Waals surface area contributed by atoms with Crippen LogP contribution in [0.4, 0.5) is 13.2 Å². The summed E-state index contributed by atoms with van der Waals surface area (Å²) in [6.07, 6.45) is -4.23. The molecule has 6 heteroatoms. The van der Waals surface area contributed by atoms with Gasteiger partial charge in [-0.1, -0.05) is 13.8 Å². The zero-order valence-corrected chi connectivity index (χ0v) is 9.90. The molecule has 0 aromatic rings. The lowest BCUT2D eigenvalue weighted by atomic mass is 10.2. The molecule has 0 aromatic carbocycles. The molecule has 16 heavy (non-hydrogen) atoms. The Bertz CT molecular complexity index is 217. The number of hydrogen-bond donors (Lipinski definition) is 1. The lowest BCUT2D eigenvalue weighted by molar-refractivity contribution is -0.162. The third-order valence-electron chi connectivity index (χ3n) is 1.90. The molecule has 0 aliphatic heterocycles. The number of nitrogens with one attached hydrogen (secondary N) is 1. The Hall–Kier alpha value is -0.780. The van der Waals surface area contributed by atoms with Crippen molar-refractivity contribution in [3.8, 4) is 0 Å². The first-order valence-electron chi connectivity index (χ1n) is 5.25. The van der Waals surface area contributed by atoms with E-state index >= 15 is 0 Å². The van der Waals surface area contributed by atoms with Gasteiger partial charge in [0.25, 0.3) is 0 Å². The Labute approximate surface area is 94.0 Å². The average Bonchev–Trinajstić information content (AvgIpc) is 2.10. The van der Waals surface area contributed by atoms with Crippen LogP contribution in [0.5, 0.6) is 0 Å². The molecule has 0 radical (unpaired) electrons. The summed E-state index contributed by atoms with van der Waals surface area (Å²) in [7, 11) is 1.66. The lowest BCUT2D eigenvalue weighted by Gasteiger charge is -2.25. The maximum absolute atomic E-state index is 12.2. The first-order valence-corrected chi connectivity index (χ1v) is 5.25. The summed E-state index contributed by atoms with van der Waals surface area (Å²) in [5.74, 6) is -0.429. The third-order valence-corrected chi connectivity index (χ3v) is 1.90. The van der Waals surface area contributed by atoms with Crippen LogP contribution >= 0.6 is 0 Å². The maximum atomic E-state index is 12.2. The van der Waals surface area contributed by atoms with E-state index < -0.39 is 18.6 Å². The van der Waals surface area contributed by atoms with Gasteiger partial charge in [-0.3, -0.25) is 4.79 Å². The number of nitrogens with zero attached hydrogens (tertiary/aromatic N) is 1. The van der Waals surface area contributed by atoms with Crippen LogP contribution in [-0.4, -0.2) is 43.7 Å². The highest BCUT2D eigenvalue weighted by Crippen LogP contribution is 2.17. The molecule has 0 saturated carbocycles. The van der Waals surface area contributed by atoms with E-state index in [1.807, 2.05) is 0 Å². The molecule has 0 aliphatic carbocycles. The first kappa shape index (κ1) is 15.2. The molecule has 0 fully saturated rings. The van der Waals surface area contributed by atoms with Crippen molar-refractivity contribution in [2.75, 3.05) is 26.7 Å². The molecule has 0 unspecified atom stereocenters. The minimum Gasteiger partial charge on any atom is -0.333 e. The second-order valence-corrected chi connectivity index (χ2v) is 4.14. The zero-order valence-electron chi connectivity index (χ0n) is 9.90. The SMILES string of the molecule is CNCCC(=O)N(CC(C)C)CC(F)(F)F. The number of alkyl halides is 3. The van der Waals surface area contributed by atoms with Crippen molar-refractivity contribution in [1.29, 1.82) is 0 Å². The molecule has 0 rings (SSSR count). The molecule has 1 amide bonds. The van der Waals surface area contributed by atoms with Gasteiger partial charge in [0.2, 0.25) is 5.91 Å². The van der Waals surface area contributed by atoms with Gasteiger partial charge in [-0.15, -0.1) is 0 Å².